The first-order chi connectivity index (χ1) is 23.0. The fourth-order valence-electron chi connectivity index (χ4n) is 8.23. The van der Waals surface area contributed by atoms with E-state index in [2.05, 4.69) is 43.6 Å². The molecule has 258 valence electrons. The van der Waals surface area contributed by atoms with E-state index in [0.29, 0.717) is 36.3 Å². The number of carbonyl (C=O) groups excluding carboxylic acids is 2. The summed E-state index contributed by atoms with van der Waals surface area (Å²) in [4.78, 5) is 29.2. The van der Waals surface area contributed by atoms with Crippen LogP contribution in [0.4, 0.5) is 10.5 Å². The number of benzene rings is 2. The Bertz CT molecular complexity index is 1740. The van der Waals surface area contributed by atoms with E-state index in [1.54, 1.807) is 13.2 Å². The monoisotopic (exact) mass is 694 g/mol. The molecule has 2 aromatic rings. The Kier molecular flexibility index (Phi) is 9.28. The smallest absolute Gasteiger partial charge is 0.327 e. The number of allylic oxidation sites excluding steroid dienone is 1. The van der Waals surface area contributed by atoms with Crippen molar-refractivity contribution >= 4 is 39.1 Å². The highest BCUT2D eigenvalue weighted by Gasteiger charge is 2.44. The van der Waals surface area contributed by atoms with Crippen LogP contribution in [0, 0.1) is 23.7 Å². The number of anilines is 1. The number of nitrogens with zero attached hydrogens (tertiary/aromatic N) is 2. The number of fused-ring (bicyclic) bond motifs is 4. The molecule has 1 spiro atoms. The standard InChI is InChI=1S/C37H47ClN4O5S/c1-23-6-4-8-33(46-3)29-12-9-27(29)19-42-21-37(15-5-7-25-17-28(38)11-13-30(25)37)22-47-34-14-10-26(18-32(34)42)35(43)40-48(45,20-23)41-36(44)39-31-16-24(31)2/h4,8,10-11,13-14,17-18,23-24,27,29,31,33H,5-7,9,12,15-16,19-22H2,1-3H3,(H2,39,40,41,43,44,45)/b8-4-/t23-,24-,27-,29+,31+,33-,37-,48?/m0/s1. The van der Waals surface area contributed by atoms with Gasteiger partial charge in [-0.05, 0) is 110 Å². The molecule has 1 unspecified atom stereocenters. The summed E-state index contributed by atoms with van der Waals surface area (Å²) in [5, 5.41) is 3.62. The molecular formula is C37H47ClN4O5S. The zero-order valence-electron chi connectivity index (χ0n) is 28.1. The predicted octanol–water partition coefficient (Wildman–Crippen LogP) is 6.68. The number of hydrogen-bond donors (Lipinski definition) is 2. The Balaban J connectivity index is 1.28. The minimum atomic E-state index is -3.44. The van der Waals surface area contributed by atoms with Crippen LogP contribution in [0.15, 0.2) is 52.9 Å². The quantitative estimate of drug-likeness (QED) is 0.347. The van der Waals surface area contributed by atoms with Gasteiger partial charge in [-0.2, -0.15) is 0 Å². The summed E-state index contributed by atoms with van der Waals surface area (Å²) >= 11 is 6.44. The third-order valence-corrected chi connectivity index (χ3v) is 13.4. The van der Waals surface area contributed by atoms with Gasteiger partial charge in [-0.25, -0.2) is 9.00 Å². The summed E-state index contributed by atoms with van der Waals surface area (Å²) in [7, 11) is -1.66. The summed E-state index contributed by atoms with van der Waals surface area (Å²) < 4.78 is 33.8. The fourth-order valence-corrected chi connectivity index (χ4v) is 10.3. The molecule has 0 aromatic heterocycles. The van der Waals surface area contributed by atoms with Crippen LogP contribution >= 0.6 is 11.6 Å². The van der Waals surface area contributed by atoms with Gasteiger partial charge in [-0.3, -0.25) is 9.52 Å². The van der Waals surface area contributed by atoms with Crippen molar-refractivity contribution in [2.45, 2.75) is 76.4 Å². The van der Waals surface area contributed by atoms with Crippen molar-refractivity contribution in [1.29, 1.82) is 0 Å². The Morgan fingerprint density at radius 1 is 1.19 bits per heavy atom. The molecule has 2 heterocycles. The second kappa shape index (κ2) is 13.3. The second-order valence-corrected chi connectivity index (χ2v) is 17.3. The van der Waals surface area contributed by atoms with Crippen molar-refractivity contribution in [3.8, 4) is 5.75 Å². The van der Waals surface area contributed by atoms with Crippen molar-refractivity contribution in [1.82, 2.24) is 10.0 Å². The Labute approximate surface area is 289 Å². The SMILES string of the molecule is CO[C@H]1/C=C\C[C@H](C)CS(=O)(NC(=O)N[C@@H]2C[C@@H]2C)=NC(=O)c2ccc3c(c2)N(C[C@@H]2CC[C@H]21)C[C@@]1(CCCc2cc(Cl)ccc21)CO3. The molecule has 3 aliphatic carbocycles. The molecule has 2 N–H and O–H groups in total. The lowest BCUT2D eigenvalue weighted by atomic mass is 9.68. The minimum Gasteiger partial charge on any atom is -0.490 e. The van der Waals surface area contributed by atoms with E-state index in [0.717, 1.165) is 68.1 Å². The molecule has 48 heavy (non-hydrogen) atoms. The summed E-state index contributed by atoms with van der Waals surface area (Å²) in [5.41, 5.74) is 3.47. The number of amides is 3. The largest absolute Gasteiger partial charge is 0.490 e. The van der Waals surface area contributed by atoms with Gasteiger partial charge in [0.2, 0.25) is 0 Å². The predicted molar refractivity (Wildman–Crippen MR) is 189 cm³/mol. The highest BCUT2D eigenvalue weighted by atomic mass is 35.5. The van der Waals surface area contributed by atoms with Gasteiger partial charge in [-0.1, -0.05) is 43.7 Å². The molecule has 5 aliphatic rings. The molecule has 9 nitrogen and oxygen atoms in total. The summed E-state index contributed by atoms with van der Waals surface area (Å²) in [6, 6.07) is 11.1. The molecule has 8 atom stereocenters. The number of urea groups is 1. The van der Waals surface area contributed by atoms with Crippen LogP contribution in [0.1, 0.15) is 73.9 Å². The van der Waals surface area contributed by atoms with Crippen molar-refractivity contribution < 1.29 is 23.3 Å². The Hall–Kier alpha value is -3.08. The van der Waals surface area contributed by atoms with Crippen molar-refractivity contribution in [2.24, 2.45) is 28.0 Å². The number of ether oxygens (including phenoxy) is 2. The molecular weight excluding hydrogens is 648 g/mol. The maximum Gasteiger partial charge on any atom is 0.327 e. The van der Waals surface area contributed by atoms with E-state index in [1.165, 1.54) is 11.1 Å². The van der Waals surface area contributed by atoms with Crippen LogP contribution in [0.2, 0.25) is 5.02 Å². The van der Waals surface area contributed by atoms with Gasteiger partial charge in [0.1, 0.15) is 15.7 Å². The average Bonchev–Trinajstić information content (AvgIpc) is 3.75. The molecule has 3 amide bonds. The zero-order chi connectivity index (χ0) is 33.6. The van der Waals surface area contributed by atoms with Gasteiger partial charge in [0.05, 0.1) is 24.2 Å². The van der Waals surface area contributed by atoms with Crippen molar-refractivity contribution in [2.75, 3.05) is 37.5 Å². The minimum absolute atomic E-state index is 0.0375. The van der Waals surface area contributed by atoms with Gasteiger partial charge in [0.25, 0.3) is 5.91 Å². The maximum absolute atomic E-state index is 14.3. The molecule has 0 radical (unpaired) electrons. The van der Waals surface area contributed by atoms with E-state index < -0.39 is 21.9 Å². The first-order valence-electron chi connectivity index (χ1n) is 17.4. The number of halogens is 1. The van der Waals surface area contributed by atoms with Gasteiger partial charge in [0.15, 0.2) is 0 Å². The normalized spacial score (nSPS) is 35.1. The van der Waals surface area contributed by atoms with E-state index in [-0.39, 0.29) is 29.2 Å². The topological polar surface area (TPSA) is 109 Å². The Morgan fingerprint density at radius 2 is 2.02 bits per heavy atom. The molecule has 2 bridgehead atoms. The number of carbonyl (C=O) groups is 2. The van der Waals surface area contributed by atoms with E-state index >= 15 is 0 Å². The van der Waals surface area contributed by atoms with Gasteiger partial charge in [-0.15, -0.1) is 4.36 Å². The van der Waals surface area contributed by atoms with Crippen molar-refractivity contribution in [3.63, 3.8) is 0 Å². The number of hydrogen-bond acceptors (Lipinski definition) is 6. The number of methoxy groups -OCH3 is 1. The first-order valence-corrected chi connectivity index (χ1v) is 19.5. The molecule has 2 aliphatic heterocycles. The molecule has 11 heteroatoms. The number of aryl methyl sites for hydroxylation is 1. The lowest BCUT2D eigenvalue weighted by molar-refractivity contribution is 0.0131. The van der Waals surface area contributed by atoms with Crippen LogP contribution in [0.25, 0.3) is 0 Å². The number of rotatable bonds is 3. The molecule has 0 saturated heterocycles. The van der Waals surface area contributed by atoms with E-state index in [4.69, 9.17) is 21.1 Å². The van der Waals surface area contributed by atoms with Gasteiger partial charge < -0.3 is 19.7 Å². The molecule has 2 fully saturated rings. The second-order valence-electron chi connectivity index (χ2n) is 14.9. The summed E-state index contributed by atoms with van der Waals surface area (Å²) in [6.07, 6.45) is 10.9. The average molecular weight is 695 g/mol. The van der Waals surface area contributed by atoms with Gasteiger partial charge >= 0.3 is 6.03 Å². The summed E-state index contributed by atoms with van der Waals surface area (Å²) in [6.45, 7) is 6.06. The van der Waals surface area contributed by atoms with Gasteiger partial charge in [0, 0.05) is 42.2 Å². The van der Waals surface area contributed by atoms with Crippen LogP contribution in [-0.2, 0) is 26.5 Å². The zero-order valence-corrected chi connectivity index (χ0v) is 29.7. The third-order valence-electron chi connectivity index (χ3n) is 11.2. The molecule has 2 saturated carbocycles. The van der Waals surface area contributed by atoms with Crippen LogP contribution in [0.5, 0.6) is 5.75 Å². The molecule has 7 rings (SSSR count). The van der Waals surface area contributed by atoms with Crippen LogP contribution in [0.3, 0.4) is 0 Å². The lowest BCUT2D eigenvalue weighted by Gasteiger charge is -2.46. The third kappa shape index (κ3) is 6.85. The van der Waals surface area contributed by atoms with E-state index in [1.807, 2.05) is 32.0 Å². The first kappa shape index (κ1) is 33.4. The van der Waals surface area contributed by atoms with Crippen molar-refractivity contribution in [3.05, 3.63) is 70.3 Å². The highest BCUT2D eigenvalue weighted by Crippen LogP contribution is 2.47. The van der Waals surface area contributed by atoms with Crippen LogP contribution in [-0.4, -0.2) is 60.9 Å². The number of nitrogens with one attached hydrogen (secondary N) is 2. The fraction of sp³-hybridized carbons (Fsp3) is 0.568. The van der Waals surface area contributed by atoms with Crippen LogP contribution < -0.4 is 19.7 Å². The Morgan fingerprint density at radius 3 is 2.77 bits per heavy atom. The van der Waals surface area contributed by atoms with E-state index in [9.17, 15) is 13.8 Å². The molecule has 2 aromatic carbocycles. The highest BCUT2D eigenvalue weighted by molar-refractivity contribution is 7.92. The summed E-state index contributed by atoms with van der Waals surface area (Å²) in [5.74, 6) is 1.18. The lowest BCUT2D eigenvalue weighted by Crippen LogP contribution is -2.49. The maximum atomic E-state index is 14.3.